The summed E-state index contributed by atoms with van der Waals surface area (Å²) in [5, 5.41) is 28.7. The van der Waals surface area contributed by atoms with Crippen molar-refractivity contribution in [3.05, 3.63) is 60.2 Å². The highest BCUT2D eigenvalue weighted by Gasteiger charge is 2.21. The van der Waals surface area contributed by atoms with E-state index in [1.165, 1.54) is 11.8 Å². The first-order valence-corrected chi connectivity index (χ1v) is 8.80. The van der Waals surface area contributed by atoms with Gasteiger partial charge >= 0.3 is 0 Å². The molecule has 0 saturated heterocycles. The molecule has 7 nitrogen and oxygen atoms in total. The lowest BCUT2D eigenvalue weighted by Gasteiger charge is -2.10. The van der Waals surface area contributed by atoms with Gasteiger partial charge in [0.15, 0.2) is 16.6 Å². The molecule has 128 valence electrons. The quantitative estimate of drug-likeness (QED) is 0.327. The lowest BCUT2D eigenvalue weighted by atomic mass is 10.2. The van der Waals surface area contributed by atoms with E-state index in [4.69, 9.17) is 0 Å². The fourth-order valence-electron chi connectivity index (χ4n) is 2.62. The maximum Gasteiger partial charge on any atom is 0.196 e. The standard InChI is InChI=1S/C18H14N6OS/c1-11(26-18-23-22-15-8-4-5-9-24(15)18)16(25)12(10-19)17-20-13-6-2-3-7-14(13)21-17/h2-9,11,25H,1H3,(H,20,21)/b16-12-. The number of nitrogens with one attached hydrogen (secondary N) is 1. The number of pyridine rings is 1. The van der Waals surface area contributed by atoms with Gasteiger partial charge in [-0.2, -0.15) is 5.26 Å². The zero-order valence-electron chi connectivity index (χ0n) is 13.8. The molecule has 1 atom stereocenters. The van der Waals surface area contributed by atoms with E-state index in [1.54, 1.807) is 0 Å². The molecule has 4 aromatic rings. The Balaban J connectivity index is 1.68. The molecule has 0 saturated carbocycles. The average Bonchev–Trinajstić information content (AvgIpc) is 3.26. The van der Waals surface area contributed by atoms with E-state index < -0.39 is 5.25 Å². The fraction of sp³-hybridized carbons (Fsp3) is 0.111. The Morgan fingerprint density at radius 2 is 2.04 bits per heavy atom. The number of nitrogens with zero attached hydrogens (tertiary/aromatic N) is 5. The summed E-state index contributed by atoms with van der Waals surface area (Å²) in [4.78, 5) is 7.47. The summed E-state index contributed by atoms with van der Waals surface area (Å²) in [6, 6.07) is 15.2. The second-order valence-electron chi connectivity index (χ2n) is 5.65. The Hall–Kier alpha value is -3.31. The number of para-hydroxylation sites is 2. The first-order chi connectivity index (χ1) is 12.7. The van der Waals surface area contributed by atoms with Crippen molar-refractivity contribution in [2.45, 2.75) is 17.3 Å². The molecular formula is C18H14N6OS. The van der Waals surface area contributed by atoms with Gasteiger partial charge in [-0.3, -0.25) is 4.40 Å². The molecule has 26 heavy (non-hydrogen) atoms. The first-order valence-electron chi connectivity index (χ1n) is 7.92. The van der Waals surface area contributed by atoms with Crippen LogP contribution in [0.4, 0.5) is 0 Å². The number of aromatic amines is 1. The number of aliphatic hydroxyl groups excluding tert-OH is 1. The van der Waals surface area contributed by atoms with E-state index in [0.29, 0.717) is 11.0 Å². The van der Waals surface area contributed by atoms with Crippen molar-refractivity contribution in [1.82, 2.24) is 24.6 Å². The van der Waals surface area contributed by atoms with Crippen LogP contribution in [0.25, 0.3) is 22.3 Å². The molecule has 0 radical (unpaired) electrons. The Bertz CT molecular complexity index is 1140. The van der Waals surface area contributed by atoms with Crippen LogP contribution in [0.3, 0.4) is 0 Å². The highest BCUT2D eigenvalue weighted by Crippen LogP contribution is 2.29. The van der Waals surface area contributed by atoms with Gasteiger partial charge in [-0.05, 0) is 31.2 Å². The van der Waals surface area contributed by atoms with Crippen LogP contribution >= 0.6 is 11.8 Å². The van der Waals surface area contributed by atoms with Gasteiger partial charge in [0.05, 0.1) is 16.3 Å². The Kier molecular flexibility index (Phi) is 4.07. The van der Waals surface area contributed by atoms with Gasteiger partial charge in [0.25, 0.3) is 0 Å². The van der Waals surface area contributed by atoms with Gasteiger partial charge in [0.2, 0.25) is 0 Å². The van der Waals surface area contributed by atoms with Crippen molar-refractivity contribution >= 4 is 34.0 Å². The zero-order valence-corrected chi connectivity index (χ0v) is 14.6. The van der Waals surface area contributed by atoms with Gasteiger partial charge in [0.1, 0.15) is 17.4 Å². The van der Waals surface area contributed by atoms with E-state index in [2.05, 4.69) is 26.2 Å². The van der Waals surface area contributed by atoms with Crippen molar-refractivity contribution in [1.29, 1.82) is 5.26 Å². The topological polar surface area (TPSA) is 103 Å². The lowest BCUT2D eigenvalue weighted by Crippen LogP contribution is -2.06. The number of allylic oxidation sites excluding steroid dienone is 1. The number of aliphatic hydroxyl groups is 1. The summed E-state index contributed by atoms with van der Waals surface area (Å²) < 4.78 is 1.84. The summed E-state index contributed by atoms with van der Waals surface area (Å²) in [5.74, 6) is 0.300. The predicted molar refractivity (Wildman–Crippen MR) is 99.6 cm³/mol. The predicted octanol–water partition coefficient (Wildman–Crippen LogP) is 3.58. The van der Waals surface area contributed by atoms with Gasteiger partial charge in [-0.25, -0.2) is 4.98 Å². The SMILES string of the molecule is CC(Sc1nnc2ccccn12)/C(O)=C(\C#N)c1nc2ccccc2[nH]1. The van der Waals surface area contributed by atoms with Crippen LogP contribution in [0.2, 0.25) is 0 Å². The van der Waals surface area contributed by atoms with Crippen LogP contribution in [0.5, 0.6) is 0 Å². The van der Waals surface area contributed by atoms with Crippen molar-refractivity contribution in [3.63, 3.8) is 0 Å². The second kappa shape index (κ2) is 6.54. The molecule has 0 spiro atoms. The molecule has 3 heterocycles. The maximum atomic E-state index is 10.6. The molecule has 1 unspecified atom stereocenters. The average molecular weight is 362 g/mol. The smallest absolute Gasteiger partial charge is 0.196 e. The number of fused-ring (bicyclic) bond motifs is 2. The van der Waals surface area contributed by atoms with Crippen LogP contribution in [0.15, 0.2) is 59.6 Å². The molecule has 1 aromatic carbocycles. The molecule has 0 aliphatic carbocycles. The van der Waals surface area contributed by atoms with Gasteiger partial charge < -0.3 is 10.1 Å². The monoisotopic (exact) mass is 362 g/mol. The normalized spacial score (nSPS) is 13.5. The second-order valence-corrected chi connectivity index (χ2v) is 6.95. The van der Waals surface area contributed by atoms with Crippen LogP contribution in [0, 0.1) is 11.3 Å². The lowest BCUT2D eigenvalue weighted by molar-refractivity contribution is 0.401. The van der Waals surface area contributed by atoms with E-state index >= 15 is 0 Å². The summed E-state index contributed by atoms with van der Waals surface area (Å²) in [5.41, 5.74) is 2.40. The molecule has 2 N–H and O–H groups in total. The van der Waals surface area contributed by atoms with Crippen LogP contribution in [0.1, 0.15) is 12.7 Å². The molecule has 3 aromatic heterocycles. The molecule has 0 fully saturated rings. The number of thioether (sulfide) groups is 1. The minimum absolute atomic E-state index is 0.0516. The summed E-state index contributed by atoms with van der Waals surface area (Å²) in [6.07, 6.45) is 1.86. The summed E-state index contributed by atoms with van der Waals surface area (Å²) in [6.45, 7) is 1.81. The molecule has 0 bridgehead atoms. The number of hydrogen-bond donors (Lipinski definition) is 2. The maximum absolute atomic E-state index is 10.6. The largest absolute Gasteiger partial charge is 0.510 e. The minimum Gasteiger partial charge on any atom is -0.510 e. The molecule has 4 rings (SSSR count). The number of imidazole rings is 1. The van der Waals surface area contributed by atoms with Crippen LogP contribution in [-0.4, -0.2) is 34.9 Å². The number of aromatic nitrogens is 5. The van der Waals surface area contributed by atoms with Crippen LogP contribution in [-0.2, 0) is 0 Å². The third kappa shape index (κ3) is 2.78. The zero-order chi connectivity index (χ0) is 18.1. The summed E-state index contributed by atoms with van der Waals surface area (Å²) in [7, 11) is 0. The van der Waals surface area contributed by atoms with E-state index in [1.807, 2.05) is 60.0 Å². The third-order valence-corrected chi connectivity index (χ3v) is 5.01. The number of nitriles is 1. The first kappa shape index (κ1) is 16.2. The van der Waals surface area contributed by atoms with Crippen molar-refractivity contribution in [2.75, 3.05) is 0 Å². The number of benzene rings is 1. The fourth-order valence-corrected chi connectivity index (χ4v) is 3.52. The number of rotatable bonds is 4. The van der Waals surface area contributed by atoms with Gasteiger partial charge in [-0.1, -0.05) is 30.0 Å². The third-order valence-electron chi connectivity index (χ3n) is 3.94. The highest BCUT2D eigenvalue weighted by molar-refractivity contribution is 7.99. The molecule has 8 heteroatoms. The Morgan fingerprint density at radius 1 is 1.23 bits per heavy atom. The summed E-state index contributed by atoms with van der Waals surface area (Å²) >= 11 is 1.32. The Morgan fingerprint density at radius 3 is 2.85 bits per heavy atom. The minimum atomic E-state index is -0.398. The van der Waals surface area contributed by atoms with Crippen molar-refractivity contribution < 1.29 is 5.11 Å². The van der Waals surface area contributed by atoms with Gasteiger partial charge in [0, 0.05) is 6.20 Å². The van der Waals surface area contributed by atoms with E-state index in [9.17, 15) is 10.4 Å². The number of hydrogen-bond acceptors (Lipinski definition) is 6. The van der Waals surface area contributed by atoms with E-state index in [0.717, 1.165) is 16.7 Å². The van der Waals surface area contributed by atoms with Crippen LogP contribution < -0.4 is 0 Å². The Labute approximate surface area is 153 Å². The molecular weight excluding hydrogens is 348 g/mol. The molecule has 0 amide bonds. The highest BCUT2D eigenvalue weighted by atomic mass is 32.2. The van der Waals surface area contributed by atoms with Crippen molar-refractivity contribution in [2.24, 2.45) is 0 Å². The molecule has 0 aliphatic rings. The van der Waals surface area contributed by atoms with Gasteiger partial charge in [-0.15, -0.1) is 10.2 Å². The van der Waals surface area contributed by atoms with E-state index in [-0.39, 0.29) is 11.3 Å². The molecule has 0 aliphatic heterocycles. The number of H-pyrrole nitrogens is 1. The van der Waals surface area contributed by atoms with Crippen molar-refractivity contribution in [3.8, 4) is 6.07 Å².